The average molecular weight is 370 g/mol. The van der Waals surface area contributed by atoms with Crippen LogP contribution in [-0.4, -0.2) is 42.0 Å². The Morgan fingerprint density at radius 2 is 2.19 bits per heavy atom. The van der Waals surface area contributed by atoms with Crippen LogP contribution in [0.4, 0.5) is 0 Å². The molecule has 27 heavy (non-hydrogen) atoms. The molecule has 1 aliphatic heterocycles. The van der Waals surface area contributed by atoms with Crippen LogP contribution in [0.2, 0.25) is 0 Å². The number of nitrogens with one attached hydrogen (secondary N) is 2. The van der Waals surface area contributed by atoms with Crippen LogP contribution < -0.4 is 10.9 Å². The van der Waals surface area contributed by atoms with Gasteiger partial charge < -0.3 is 15.2 Å². The number of nitrogens with zero attached hydrogens (tertiary/aromatic N) is 1. The van der Waals surface area contributed by atoms with Crippen LogP contribution in [0.25, 0.3) is 10.9 Å². The molecule has 1 fully saturated rings. The molecular formula is C22H31N3O2. The minimum absolute atomic E-state index is 0.0189. The van der Waals surface area contributed by atoms with Crippen LogP contribution in [0.1, 0.15) is 43.7 Å². The van der Waals surface area contributed by atoms with E-state index in [0.717, 1.165) is 35.3 Å². The van der Waals surface area contributed by atoms with Crippen molar-refractivity contribution in [3.63, 3.8) is 0 Å². The fraction of sp³-hybridized carbons (Fsp3) is 0.545. The third kappa shape index (κ3) is 5.67. The summed E-state index contributed by atoms with van der Waals surface area (Å²) in [4.78, 5) is 29.7. The first kappa shape index (κ1) is 19.6. The first-order valence-electron chi connectivity index (χ1n) is 10.1. The Morgan fingerprint density at radius 3 is 3.00 bits per heavy atom. The van der Waals surface area contributed by atoms with Gasteiger partial charge in [-0.2, -0.15) is 0 Å². The summed E-state index contributed by atoms with van der Waals surface area (Å²) in [5, 5.41) is 4.00. The zero-order valence-corrected chi connectivity index (χ0v) is 16.5. The van der Waals surface area contributed by atoms with Gasteiger partial charge in [-0.3, -0.25) is 9.59 Å². The first-order valence-corrected chi connectivity index (χ1v) is 10.1. The van der Waals surface area contributed by atoms with E-state index in [1.165, 1.54) is 25.9 Å². The van der Waals surface area contributed by atoms with Gasteiger partial charge in [-0.25, -0.2) is 0 Å². The molecule has 2 heterocycles. The van der Waals surface area contributed by atoms with E-state index in [2.05, 4.69) is 22.1 Å². The Labute approximate surface area is 161 Å². The van der Waals surface area contributed by atoms with Gasteiger partial charge in [0.2, 0.25) is 5.91 Å². The van der Waals surface area contributed by atoms with Crippen molar-refractivity contribution in [2.45, 2.75) is 46.0 Å². The molecule has 1 atom stereocenters. The molecule has 2 N–H and O–H groups in total. The van der Waals surface area contributed by atoms with Gasteiger partial charge in [-0.1, -0.05) is 19.1 Å². The van der Waals surface area contributed by atoms with Crippen molar-refractivity contribution in [1.29, 1.82) is 0 Å². The Kier molecular flexibility index (Phi) is 6.67. The van der Waals surface area contributed by atoms with Crippen LogP contribution in [0.3, 0.4) is 0 Å². The lowest BCUT2D eigenvalue weighted by Gasteiger charge is -2.30. The first-order chi connectivity index (χ1) is 13.0. The Morgan fingerprint density at radius 1 is 1.33 bits per heavy atom. The number of aromatic amines is 1. The van der Waals surface area contributed by atoms with Gasteiger partial charge in [-0.05, 0) is 74.7 Å². The van der Waals surface area contributed by atoms with Crippen molar-refractivity contribution in [1.82, 2.24) is 15.2 Å². The molecule has 0 aliphatic carbocycles. The fourth-order valence-electron chi connectivity index (χ4n) is 3.90. The summed E-state index contributed by atoms with van der Waals surface area (Å²) >= 11 is 0. The van der Waals surface area contributed by atoms with E-state index >= 15 is 0 Å². The zero-order chi connectivity index (χ0) is 19.2. The highest BCUT2D eigenvalue weighted by Crippen LogP contribution is 2.15. The van der Waals surface area contributed by atoms with Gasteiger partial charge in [-0.15, -0.1) is 0 Å². The van der Waals surface area contributed by atoms with Crippen molar-refractivity contribution >= 4 is 16.8 Å². The van der Waals surface area contributed by atoms with E-state index in [0.29, 0.717) is 24.9 Å². The molecule has 1 saturated heterocycles. The molecule has 1 aromatic heterocycles. The third-order valence-electron chi connectivity index (χ3n) is 5.41. The number of aryl methyl sites for hydroxylation is 2. The molecule has 0 unspecified atom stereocenters. The SMILES string of the molecule is Cc1ccc2cc(CCC(=O)NCCCN3CCC[C@H](C)C3)c(=O)[nH]c2c1. The predicted octanol–water partition coefficient (Wildman–Crippen LogP) is 3.01. The molecule has 1 amide bonds. The number of fused-ring (bicyclic) bond motifs is 1. The normalized spacial score (nSPS) is 17.9. The van der Waals surface area contributed by atoms with Crippen molar-refractivity contribution in [3.8, 4) is 0 Å². The van der Waals surface area contributed by atoms with E-state index in [4.69, 9.17) is 0 Å². The molecule has 1 aromatic carbocycles. The Hall–Kier alpha value is -2.14. The number of aromatic nitrogens is 1. The third-order valence-corrected chi connectivity index (χ3v) is 5.41. The number of likely N-dealkylation sites (tertiary alicyclic amines) is 1. The molecular weight excluding hydrogens is 338 g/mol. The standard InChI is InChI=1S/C22H31N3O2/c1-16-6-7-18-14-19(22(27)24-20(18)13-16)8-9-21(26)23-10-4-12-25-11-3-5-17(2)15-25/h6-7,13-14,17H,3-5,8-12,15H2,1-2H3,(H,23,26)(H,24,27)/t17-/m0/s1. The summed E-state index contributed by atoms with van der Waals surface area (Å²) in [6.45, 7) is 8.43. The van der Waals surface area contributed by atoms with Crippen LogP contribution in [0, 0.1) is 12.8 Å². The second kappa shape index (κ2) is 9.18. The molecule has 1 aliphatic rings. The van der Waals surface area contributed by atoms with Gasteiger partial charge in [0.1, 0.15) is 0 Å². The zero-order valence-electron chi connectivity index (χ0n) is 16.5. The number of carbonyl (C=O) groups excluding carboxylic acids is 1. The highest BCUT2D eigenvalue weighted by Gasteiger charge is 2.15. The maximum absolute atomic E-state index is 12.2. The molecule has 0 radical (unpaired) electrons. The van der Waals surface area contributed by atoms with Crippen molar-refractivity contribution in [2.75, 3.05) is 26.2 Å². The summed E-state index contributed by atoms with van der Waals surface area (Å²) in [6.07, 6.45) is 4.42. The summed E-state index contributed by atoms with van der Waals surface area (Å²) in [7, 11) is 0. The lowest BCUT2D eigenvalue weighted by molar-refractivity contribution is -0.121. The van der Waals surface area contributed by atoms with Crippen LogP contribution in [0.5, 0.6) is 0 Å². The second-order valence-corrected chi connectivity index (χ2v) is 7.97. The Balaban J connectivity index is 1.42. The number of piperidine rings is 1. The van der Waals surface area contributed by atoms with Gasteiger partial charge in [0, 0.05) is 30.6 Å². The number of hydrogen-bond donors (Lipinski definition) is 2. The second-order valence-electron chi connectivity index (χ2n) is 7.97. The molecule has 0 saturated carbocycles. The average Bonchev–Trinajstić information content (AvgIpc) is 2.63. The topological polar surface area (TPSA) is 65.2 Å². The van der Waals surface area contributed by atoms with Crippen LogP contribution >= 0.6 is 0 Å². The van der Waals surface area contributed by atoms with Crippen molar-refractivity contribution in [3.05, 3.63) is 45.7 Å². The molecule has 146 valence electrons. The molecule has 2 aromatic rings. The Bertz CT molecular complexity index is 843. The highest BCUT2D eigenvalue weighted by molar-refractivity contribution is 5.80. The van der Waals surface area contributed by atoms with E-state index < -0.39 is 0 Å². The quantitative estimate of drug-likeness (QED) is 0.738. The molecule has 5 heteroatoms. The minimum atomic E-state index is -0.0971. The lowest BCUT2D eigenvalue weighted by Crippen LogP contribution is -2.36. The van der Waals surface area contributed by atoms with E-state index in [1.54, 1.807) is 0 Å². The largest absolute Gasteiger partial charge is 0.356 e. The monoisotopic (exact) mass is 369 g/mol. The number of hydrogen-bond acceptors (Lipinski definition) is 3. The predicted molar refractivity (Wildman–Crippen MR) is 110 cm³/mol. The van der Waals surface area contributed by atoms with Crippen molar-refractivity contribution < 1.29 is 4.79 Å². The highest BCUT2D eigenvalue weighted by atomic mass is 16.1. The van der Waals surface area contributed by atoms with Crippen molar-refractivity contribution in [2.24, 2.45) is 5.92 Å². The number of pyridine rings is 1. The van der Waals surface area contributed by atoms with E-state index in [1.807, 2.05) is 31.2 Å². The van der Waals surface area contributed by atoms with Gasteiger partial charge in [0.05, 0.1) is 0 Å². The molecule has 5 nitrogen and oxygen atoms in total. The van der Waals surface area contributed by atoms with E-state index in [9.17, 15) is 9.59 Å². The maximum Gasteiger partial charge on any atom is 0.251 e. The lowest BCUT2D eigenvalue weighted by atomic mass is 10.0. The number of amides is 1. The summed E-state index contributed by atoms with van der Waals surface area (Å²) in [5.74, 6) is 0.808. The maximum atomic E-state index is 12.2. The number of H-pyrrole nitrogens is 1. The van der Waals surface area contributed by atoms with Gasteiger partial charge in [0.25, 0.3) is 5.56 Å². The summed E-state index contributed by atoms with van der Waals surface area (Å²) in [5.41, 5.74) is 2.54. The number of benzene rings is 1. The summed E-state index contributed by atoms with van der Waals surface area (Å²) < 4.78 is 0. The van der Waals surface area contributed by atoms with Gasteiger partial charge in [0.15, 0.2) is 0 Å². The van der Waals surface area contributed by atoms with E-state index in [-0.39, 0.29) is 11.5 Å². The summed E-state index contributed by atoms with van der Waals surface area (Å²) in [6, 6.07) is 7.90. The fourth-order valence-corrected chi connectivity index (χ4v) is 3.90. The van der Waals surface area contributed by atoms with Crippen LogP contribution in [-0.2, 0) is 11.2 Å². The van der Waals surface area contributed by atoms with Gasteiger partial charge >= 0.3 is 0 Å². The molecule has 3 rings (SSSR count). The van der Waals surface area contributed by atoms with Crippen LogP contribution in [0.15, 0.2) is 29.1 Å². The number of carbonyl (C=O) groups is 1. The smallest absolute Gasteiger partial charge is 0.251 e. The number of rotatable bonds is 7. The molecule has 0 spiro atoms. The molecule has 0 bridgehead atoms. The minimum Gasteiger partial charge on any atom is -0.356 e.